The molecular formula is C14H16N2O. The van der Waals surface area contributed by atoms with E-state index < -0.39 is 0 Å². The summed E-state index contributed by atoms with van der Waals surface area (Å²) in [6.07, 6.45) is 0. The molecule has 0 spiro atoms. The van der Waals surface area contributed by atoms with Gasteiger partial charge in [0.1, 0.15) is 12.4 Å². The maximum Gasteiger partial charge on any atom is 0.130 e. The Morgan fingerprint density at radius 3 is 2.71 bits per heavy atom. The standard InChI is InChI=1S/C14H16N2O/c1-10-8-13(6-7-14(10)15)17-9-12-5-3-4-11(2)16-12/h3-8H,9,15H2,1-2H3. The van der Waals surface area contributed by atoms with E-state index in [1.807, 2.05) is 50.2 Å². The molecule has 2 N–H and O–H groups in total. The Balaban J connectivity index is 2.05. The summed E-state index contributed by atoms with van der Waals surface area (Å²) in [6.45, 7) is 4.41. The number of hydrogen-bond donors (Lipinski definition) is 1. The number of aromatic nitrogens is 1. The van der Waals surface area contributed by atoms with Gasteiger partial charge in [0.05, 0.1) is 5.69 Å². The average Bonchev–Trinajstić information content (AvgIpc) is 2.31. The summed E-state index contributed by atoms with van der Waals surface area (Å²) in [5.41, 5.74) is 9.49. The third-order valence-corrected chi connectivity index (χ3v) is 2.57. The highest BCUT2D eigenvalue weighted by Crippen LogP contribution is 2.19. The number of nitrogen functional groups attached to an aromatic ring is 1. The number of rotatable bonds is 3. The van der Waals surface area contributed by atoms with Crippen LogP contribution in [0.5, 0.6) is 5.75 Å². The van der Waals surface area contributed by atoms with Crippen molar-refractivity contribution in [3.05, 3.63) is 53.3 Å². The Kier molecular flexibility index (Phi) is 3.28. The van der Waals surface area contributed by atoms with Crippen molar-refractivity contribution < 1.29 is 4.74 Å². The van der Waals surface area contributed by atoms with E-state index in [1.165, 1.54) is 0 Å². The molecule has 0 atom stereocenters. The number of hydrogen-bond acceptors (Lipinski definition) is 3. The Morgan fingerprint density at radius 1 is 1.18 bits per heavy atom. The lowest BCUT2D eigenvalue weighted by Crippen LogP contribution is -1.99. The summed E-state index contributed by atoms with van der Waals surface area (Å²) in [4.78, 5) is 4.38. The number of nitrogens with two attached hydrogens (primary N) is 1. The monoisotopic (exact) mass is 228 g/mol. The van der Waals surface area contributed by atoms with Crippen LogP contribution in [-0.4, -0.2) is 4.98 Å². The van der Waals surface area contributed by atoms with Crippen LogP contribution in [0.3, 0.4) is 0 Å². The van der Waals surface area contributed by atoms with Crippen LogP contribution in [0.15, 0.2) is 36.4 Å². The van der Waals surface area contributed by atoms with Crippen LogP contribution in [0.25, 0.3) is 0 Å². The molecule has 2 rings (SSSR count). The molecular weight excluding hydrogens is 212 g/mol. The Labute approximate surface area is 101 Å². The van der Waals surface area contributed by atoms with E-state index >= 15 is 0 Å². The summed E-state index contributed by atoms with van der Waals surface area (Å²) in [5, 5.41) is 0. The maximum absolute atomic E-state index is 5.75. The van der Waals surface area contributed by atoms with Crippen molar-refractivity contribution in [1.82, 2.24) is 4.98 Å². The molecule has 0 aliphatic heterocycles. The second-order valence-electron chi connectivity index (χ2n) is 4.08. The minimum Gasteiger partial charge on any atom is -0.487 e. The second kappa shape index (κ2) is 4.87. The molecule has 2 aromatic rings. The van der Waals surface area contributed by atoms with Crippen molar-refractivity contribution in [1.29, 1.82) is 0 Å². The van der Waals surface area contributed by atoms with Gasteiger partial charge in [-0.2, -0.15) is 0 Å². The van der Waals surface area contributed by atoms with Gasteiger partial charge in [-0.1, -0.05) is 6.07 Å². The van der Waals surface area contributed by atoms with Gasteiger partial charge in [-0.05, 0) is 49.7 Å². The molecule has 0 radical (unpaired) electrons. The van der Waals surface area contributed by atoms with E-state index in [0.29, 0.717) is 6.61 Å². The van der Waals surface area contributed by atoms with E-state index in [-0.39, 0.29) is 0 Å². The summed E-state index contributed by atoms with van der Waals surface area (Å²) in [5.74, 6) is 0.819. The summed E-state index contributed by atoms with van der Waals surface area (Å²) >= 11 is 0. The molecule has 0 amide bonds. The van der Waals surface area contributed by atoms with Crippen LogP contribution in [0.4, 0.5) is 5.69 Å². The van der Waals surface area contributed by atoms with Gasteiger partial charge in [0, 0.05) is 11.4 Å². The van der Waals surface area contributed by atoms with E-state index in [9.17, 15) is 0 Å². The average molecular weight is 228 g/mol. The molecule has 0 unspecified atom stereocenters. The second-order valence-corrected chi connectivity index (χ2v) is 4.08. The highest BCUT2D eigenvalue weighted by atomic mass is 16.5. The predicted molar refractivity (Wildman–Crippen MR) is 68.9 cm³/mol. The quantitative estimate of drug-likeness (QED) is 0.822. The van der Waals surface area contributed by atoms with Crippen LogP contribution in [0.1, 0.15) is 17.0 Å². The number of nitrogens with zero attached hydrogens (tertiary/aromatic N) is 1. The van der Waals surface area contributed by atoms with Gasteiger partial charge in [-0.3, -0.25) is 4.98 Å². The van der Waals surface area contributed by atoms with Gasteiger partial charge in [-0.15, -0.1) is 0 Å². The molecule has 88 valence electrons. The van der Waals surface area contributed by atoms with Gasteiger partial charge in [0.15, 0.2) is 0 Å². The van der Waals surface area contributed by atoms with Crippen LogP contribution >= 0.6 is 0 Å². The number of anilines is 1. The Hall–Kier alpha value is -2.03. The largest absolute Gasteiger partial charge is 0.487 e. The zero-order chi connectivity index (χ0) is 12.3. The SMILES string of the molecule is Cc1cccc(COc2ccc(N)c(C)c2)n1. The van der Waals surface area contributed by atoms with Gasteiger partial charge in [0.25, 0.3) is 0 Å². The predicted octanol–water partition coefficient (Wildman–Crippen LogP) is 2.86. The molecule has 0 fully saturated rings. The van der Waals surface area contributed by atoms with Crippen molar-refractivity contribution in [3.8, 4) is 5.75 Å². The van der Waals surface area contributed by atoms with Crippen LogP contribution < -0.4 is 10.5 Å². The normalized spacial score (nSPS) is 10.2. The third-order valence-electron chi connectivity index (χ3n) is 2.57. The highest BCUT2D eigenvalue weighted by molar-refractivity contribution is 5.49. The fraction of sp³-hybridized carbons (Fsp3) is 0.214. The first-order valence-corrected chi connectivity index (χ1v) is 5.56. The number of benzene rings is 1. The molecule has 0 saturated heterocycles. The maximum atomic E-state index is 5.75. The Bertz CT molecular complexity index is 523. The van der Waals surface area contributed by atoms with Crippen molar-refractivity contribution in [2.75, 3.05) is 5.73 Å². The van der Waals surface area contributed by atoms with E-state index in [1.54, 1.807) is 0 Å². The Morgan fingerprint density at radius 2 is 2.00 bits per heavy atom. The first kappa shape index (κ1) is 11.5. The zero-order valence-corrected chi connectivity index (χ0v) is 10.1. The molecule has 1 aromatic heterocycles. The van der Waals surface area contributed by atoms with Crippen LogP contribution in [0.2, 0.25) is 0 Å². The van der Waals surface area contributed by atoms with Gasteiger partial charge < -0.3 is 10.5 Å². The van der Waals surface area contributed by atoms with Crippen LogP contribution in [-0.2, 0) is 6.61 Å². The number of pyridine rings is 1. The van der Waals surface area contributed by atoms with Crippen molar-refractivity contribution in [2.24, 2.45) is 0 Å². The van der Waals surface area contributed by atoms with Gasteiger partial charge in [-0.25, -0.2) is 0 Å². The molecule has 3 heteroatoms. The van der Waals surface area contributed by atoms with Gasteiger partial charge >= 0.3 is 0 Å². The molecule has 0 bridgehead atoms. The first-order chi connectivity index (χ1) is 8.15. The lowest BCUT2D eigenvalue weighted by Gasteiger charge is -2.08. The number of ether oxygens (including phenoxy) is 1. The summed E-state index contributed by atoms with van der Waals surface area (Å²) < 4.78 is 5.66. The molecule has 3 nitrogen and oxygen atoms in total. The van der Waals surface area contributed by atoms with Crippen molar-refractivity contribution >= 4 is 5.69 Å². The topological polar surface area (TPSA) is 48.1 Å². The summed E-state index contributed by atoms with van der Waals surface area (Å²) in [6, 6.07) is 11.6. The van der Waals surface area contributed by atoms with Crippen molar-refractivity contribution in [2.45, 2.75) is 20.5 Å². The minimum atomic E-state index is 0.477. The van der Waals surface area contributed by atoms with Crippen LogP contribution in [0, 0.1) is 13.8 Å². The minimum absolute atomic E-state index is 0.477. The summed E-state index contributed by atoms with van der Waals surface area (Å²) in [7, 11) is 0. The van der Waals surface area contributed by atoms with E-state index in [4.69, 9.17) is 10.5 Å². The molecule has 1 heterocycles. The van der Waals surface area contributed by atoms with E-state index in [0.717, 1.165) is 28.4 Å². The lowest BCUT2D eigenvalue weighted by atomic mass is 10.2. The molecule has 0 saturated carbocycles. The van der Waals surface area contributed by atoms with Crippen molar-refractivity contribution in [3.63, 3.8) is 0 Å². The van der Waals surface area contributed by atoms with E-state index in [2.05, 4.69) is 4.98 Å². The fourth-order valence-corrected chi connectivity index (χ4v) is 1.58. The number of aryl methyl sites for hydroxylation is 2. The molecule has 1 aromatic carbocycles. The smallest absolute Gasteiger partial charge is 0.130 e. The zero-order valence-electron chi connectivity index (χ0n) is 10.1. The highest BCUT2D eigenvalue weighted by Gasteiger charge is 1.99. The van der Waals surface area contributed by atoms with Gasteiger partial charge in [0.2, 0.25) is 0 Å². The third kappa shape index (κ3) is 2.97. The molecule has 17 heavy (non-hydrogen) atoms. The lowest BCUT2D eigenvalue weighted by molar-refractivity contribution is 0.301. The molecule has 0 aliphatic rings. The molecule has 0 aliphatic carbocycles. The fourth-order valence-electron chi connectivity index (χ4n) is 1.58. The first-order valence-electron chi connectivity index (χ1n) is 5.56.